The lowest BCUT2D eigenvalue weighted by atomic mass is 10.0. The predicted octanol–water partition coefficient (Wildman–Crippen LogP) is 1.91. The fourth-order valence-electron chi connectivity index (χ4n) is 3.25. The van der Waals surface area contributed by atoms with E-state index in [1.54, 1.807) is 29.2 Å². The van der Waals surface area contributed by atoms with Crippen molar-refractivity contribution < 1.29 is 17.9 Å². The number of benzene rings is 1. The van der Waals surface area contributed by atoms with Crippen LogP contribution >= 0.6 is 0 Å². The van der Waals surface area contributed by atoms with Crippen molar-refractivity contribution in [3.8, 4) is 11.8 Å². The standard InChI is InChI=1S/C20H30N4O4S/c1-15(2)19(13-21)23-9-11-24(12-10-23)20(25)14-29(26,27)22-17-5-7-18(8-6-17)28-16(3)4/h5-8,15-16,19,22H,9-12,14H2,1-4H3. The van der Waals surface area contributed by atoms with Crippen LogP contribution in [-0.4, -0.2) is 68.2 Å². The second-order valence-corrected chi connectivity index (χ2v) is 9.51. The fourth-order valence-corrected chi connectivity index (χ4v) is 4.32. The minimum atomic E-state index is -3.82. The first kappa shape index (κ1) is 23.0. The van der Waals surface area contributed by atoms with E-state index < -0.39 is 21.7 Å². The van der Waals surface area contributed by atoms with E-state index >= 15 is 0 Å². The number of anilines is 1. The molecule has 0 radical (unpaired) electrons. The highest BCUT2D eigenvalue weighted by Crippen LogP contribution is 2.18. The van der Waals surface area contributed by atoms with E-state index in [0.717, 1.165) is 0 Å². The molecular formula is C20H30N4O4S. The highest BCUT2D eigenvalue weighted by atomic mass is 32.2. The van der Waals surface area contributed by atoms with Crippen molar-refractivity contribution >= 4 is 21.6 Å². The normalized spacial score (nSPS) is 16.5. The first-order valence-electron chi connectivity index (χ1n) is 9.80. The van der Waals surface area contributed by atoms with Crippen LogP contribution in [0.25, 0.3) is 0 Å². The van der Waals surface area contributed by atoms with E-state index in [1.165, 1.54) is 0 Å². The average Bonchev–Trinajstić information content (AvgIpc) is 2.63. The van der Waals surface area contributed by atoms with Gasteiger partial charge in [-0.2, -0.15) is 5.26 Å². The third-order valence-electron chi connectivity index (χ3n) is 4.64. The molecule has 0 saturated carbocycles. The lowest BCUT2D eigenvalue weighted by Gasteiger charge is -2.38. The number of nitrogens with zero attached hydrogens (tertiary/aromatic N) is 3. The second-order valence-electron chi connectivity index (χ2n) is 7.79. The van der Waals surface area contributed by atoms with Crippen LogP contribution in [0, 0.1) is 17.2 Å². The smallest absolute Gasteiger partial charge is 0.241 e. The Balaban J connectivity index is 1.89. The molecular weight excluding hydrogens is 392 g/mol. The zero-order chi connectivity index (χ0) is 21.6. The largest absolute Gasteiger partial charge is 0.491 e. The van der Waals surface area contributed by atoms with Gasteiger partial charge in [0.15, 0.2) is 0 Å². The molecule has 8 nitrogen and oxygen atoms in total. The molecule has 1 heterocycles. The quantitative estimate of drug-likeness (QED) is 0.686. The molecule has 1 aliphatic heterocycles. The molecule has 1 aliphatic rings. The Bertz CT molecular complexity index is 823. The minimum absolute atomic E-state index is 0.0274. The summed E-state index contributed by atoms with van der Waals surface area (Å²) in [5, 5.41) is 9.31. The molecule has 1 aromatic rings. The van der Waals surface area contributed by atoms with Crippen LogP contribution in [0.4, 0.5) is 5.69 Å². The molecule has 0 aromatic heterocycles. The van der Waals surface area contributed by atoms with Crippen LogP contribution in [0.2, 0.25) is 0 Å². The summed E-state index contributed by atoms with van der Waals surface area (Å²) in [6.45, 7) is 9.76. The zero-order valence-electron chi connectivity index (χ0n) is 17.5. The maximum Gasteiger partial charge on any atom is 0.241 e. The second kappa shape index (κ2) is 9.94. The third kappa shape index (κ3) is 6.91. The number of nitrogens with one attached hydrogen (secondary N) is 1. The highest BCUT2D eigenvalue weighted by Gasteiger charge is 2.29. The molecule has 160 valence electrons. The van der Waals surface area contributed by atoms with Gasteiger partial charge in [-0.05, 0) is 44.0 Å². The number of rotatable bonds is 8. The topological polar surface area (TPSA) is 103 Å². The van der Waals surface area contributed by atoms with Gasteiger partial charge in [0.1, 0.15) is 17.5 Å². The van der Waals surface area contributed by atoms with Crippen molar-refractivity contribution in [2.75, 3.05) is 36.7 Å². The first-order valence-corrected chi connectivity index (χ1v) is 11.4. The van der Waals surface area contributed by atoms with Crippen molar-refractivity contribution in [2.45, 2.75) is 39.8 Å². The Labute approximate surface area is 173 Å². The Morgan fingerprint density at radius 3 is 2.21 bits per heavy atom. The molecule has 2 rings (SSSR count). The van der Waals surface area contributed by atoms with Crippen molar-refractivity contribution in [2.24, 2.45) is 5.92 Å². The van der Waals surface area contributed by atoms with Gasteiger partial charge in [-0.1, -0.05) is 13.8 Å². The van der Waals surface area contributed by atoms with E-state index in [0.29, 0.717) is 37.6 Å². The summed E-state index contributed by atoms with van der Waals surface area (Å²) in [5.74, 6) is -0.198. The van der Waals surface area contributed by atoms with Gasteiger partial charge in [0.25, 0.3) is 0 Å². The molecule has 0 bridgehead atoms. The van der Waals surface area contributed by atoms with Crippen LogP contribution in [0.15, 0.2) is 24.3 Å². The van der Waals surface area contributed by atoms with Gasteiger partial charge in [-0.3, -0.25) is 14.4 Å². The molecule has 1 unspecified atom stereocenters. The molecule has 1 N–H and O–H groups in total. The lowest BCUT2D eigenvalue weighted by molar-refractivity contribution is -0.130. The molecule has 0 spiro atoms. The van der Waals surface area contributed by atoms with E-state index in [1.807, 2.05) is 32.6 Å². The molecule has 1 fully saturated rings. The van der Waals surface area contributed by atoms with Crippen molar-refractivity contribution in [3.63, 3.8) is 0 Å². The summed E-state index contributed by atoms with van der Waals surface area (Å²) in [6, 6.07) is 8.68. The van der Waals surface area contributed by atoms with Crippen LogP contribution < -0.4 is 9.46 Å². The molecule has 29 heavy (non-hydrogen) atoms. The van der Waals surface area contributed by atoms with Crippen LogP contribution in [-0.2, 0) is 14.8 Å². The number of sulfonamides is 1. The van der Waals surface area contributed by atoms with Gasteiger partial charge in [0, 0.05) is 31.9 Å². The van der Waals surface area contributed by atoms with Crippen molar-refractivity contribution in [1.82, 2.24) is 9.80 Å². The van der Waals surface area contributed by atoms with E-state index in [2.05, 4.69) is 10.8 Å². The fraction of sp³-hybridized carbons (Fsp3) is 0.600. The molecule has 1 aromatic carbocycles. The maximum atomic E-state index is 12.5. The van der Waals surface area contributed by atoms with Gasteiger partial charge in [-0.25, -0.2) is 8.42 Å². The molecule has 1 atom stereocenters. The number of nitriles is 1. The average molecular weight is 423 g/mol. The third-order valence-corrected chi connectivity index (χ3v) is 5.81. The Kier molecular flexibility index (Phi) is 7.88. The molecule has 9 heteroatoms. The molecule has 1 saturated heterocycles. The molecule has 1 amide bonds. The SMILES string of the molecule is CC(C)Oc1ccc(NS(=O)(=O)CC(=O)N2CCN(C(C#N)C(C)C)CC2)cc1. The van der Waals surface area contributed by atoms with E-state index in [9.17, 15) is 18.5 Å². The number of hydrogen-bond acceptors (Lipinski definition) is 6. The van der Waals surface area contributed by atoms with Crippen LogP contribution in [0.3, 0.4) is 0 Å². The van der Waals surface area contributed by atoms with Crippen LogP contribution in [0.5, 0.6) is 5.75 Å². The zero-order valence-corrected chi connectivity index (χ0v) is 18.3. The van der Waals surface area contributed by atoms with Gasteiger partial charge >= 0.3 is 0 Å². The van der Waals surface area contributed by atoms with E-state index in [-0.39, 0.29) is 18.1 Å². The van der Waals surface area contributed by atoms with Crippen molar-refractivity contribution in [1.29, 1.82) is 5.26 Å². The van der Waals surface area contributed by atoms with Gasteiger partial charge in [0.2, 0.25) is 15.9 Å². The Morgan fingerprint density at radius 1 is 1.14 bits per heavy atom. The molecule has 0 aliphatic carbocycles. The monoisotopic (exact) mass is 422 g/mol. The number of ether oxygens (including phenoxy) is 1. The summed E-state index contributed by atoms with van der Waals surface area (Å²) in [7, 11) is -3.82. The number of carbonyl (C=O) groups is 1. The summed E-state index contributed by atoms with van der Waals surface area (Å²) in [4.78, 5) is 16.1. The number of carbonyl (C=O) groups excluding carboxylic acids is 1. The Morgan fingerprint density at radius 2 is 1.72 bits per heavy atom. The first-order chi connectivity index (χ1) is 13.6. The van der Waals surface area contributed by atoms with Crippen LogP contribution in [0.1, 0.15) is 27.7 Å². The number of piperazine rings is 1. The van der Waals surface area contributed by atoms with Gasteiger partial charge in [0.05, 0.1) is 12.2 Å². The minimum Gasteiger partial charge on any atom is -0.491 e. The summed E-state index contributed by atoms with van der Waals surface area (Å²) in [6.07, 6.45) is 0.0274. The number of hydrogen-bond donors (Lipinski definition) is 1. The Hall–Kier alpha value is -2.31. The van der Waals surface area contributed by atoms with Crippen molar-refractivity contribution in [3.05, 3.63) is 24.3 Å². The highest BCUT2D eigenvalue weighted by molar-refractivity contribution is 7.93. The number of amides is 1. The van der Waals surface area contributed by atoms with Gasteiger partial charge in [-0.15, -0.1) is 0 Å². The predicted molar refractivity (Wildman–Crippen MR) is 112 cm³/mol. The summed E-state index contributed by atoms with van der Waals surface area (Å²) >= 11 is 0. The van der Waals surface area contributed by atoms with Gasteiger partial charge < -0.3 is 9.64 Å². The summed E-state index contributed by atoms with van der Waals surface area (Å²) < 4.78 is 32.7. The lowest BCUT2D eigenvalue weighted by Crippen LogP contribution is -2.53. The maximum absolute atomic E-state index is 12.5. The van der Waals surface area contributed by atoms with E-state index in [4.69, 9.17) is 4.74 Å². The summed E-state index contributed by atoms with van der Waals surface area (Å²) in [5.41, 5.74) is 0.382.